The van der Waals surface area contributed by atoms with E-state index in [1.165, 1.54) is 6.42 Å². The van der Waals surface area contributed by atoms with Crippen LogP contribution in [0.2, 0.25) is 0 Å². The summed E-state index contributed by atoms with van der Waals surface area (Å²) >= 11 is 0. The molecule has 1 aliphatic heterocycles. The molecule has 1 aliphatic rings. The van der Waals surface area contributed by atoms with Crippen LogP contribution in [0.3, 0.4) is 0 Å². The van der Waals surface area contributed by atoms with Gasteiger partial charge in [-0.05, 0) is 25.3 Å². The number of rotatable bonds is 5. The lowest BCUT2D eigenvalue weighted by molar-refractivity contribution is 0.606. The minimum absolute atomic E-state index is 0.713. The molecular formula is C14H25N5. The van der Waals surface area contributed by atoms with Crippen molar-refractivity contribution in [3.8, 4) is 0 Å². The Morgan fingerprint density at radius 1 is 1.32 bits per heavy atom. The van der Waals surface area contributed by atoms with Gasteiger partial charge in [-0.15, -0.1) is 0 Å². The van der Waals surface area contributed by atoms with E-state index in [0.29, 0.717) is 5.92 Å². The number of nitrogens with one attached hydrogen (secondary N) is 2. The van der Waals surface area contributed by atoms with Gasteiger partial charge in [-0.2, -0.15) is 0 Å². The molecule has 1 saturated heterocycles. The molecule has 0 unspecified atom stereocenters. The summed E-state index contributed by atoms with van der Waals surface area (Å²) in [6, 6.07) is 2.06. The van der Waals surface area contributed by atoms with E-state index in [1.807, 2.05) is 0 Å². The molecule has 2 heterocycles. The molecule has 0 saturated carbocycles. The van der Waals surface area contributed by atoms with Gasteiger partial charge in [0.2, 0.25) is 0 Å². The van der Waals surface area contributed by atoms with Gasteiger partial charge < -0.3 is 15.5 Å². The molecule has 0 atom stereocenters. The summed E-state index contributed by atoms with van der Waals surface area (Å²) < 4.78 is 0. The lowest BCUT2D eigenvalue weighted by Gasteiger charge is -2.21. The summed E-state index contributed by atoms with van der Waals surface area (Å²) in [5.74, 6) is 2.68. The largest absolute Gasteiger partial charge is 0.370 e. The average molecular weight is 263 g/mol. The number of hydrogen-bond acceptors (Lipinski definition) is 5. The topological polar surface area (TPSA) is 53.1 Å². The highest BCUT2D eigenvalue weighted by Gasteiger charge is 2.11. The van der Waals surface area contributed by atoms with Gasteiger partial charge in [0.1, 0.15) is 18.0 Å². The van der Waals surface area contributed by atoms with Crippen molar-refractivity contribution in [2.45, 2.75) is 26.7 Å². The first kappa shape index (κ1) is 14.1. The van der Waals surface area contributed by atoms with Crippen LogP contribution in [0.15, 0.2) is 12.4 Å². The fourth-order valence-electron chi connectivity index (χ4n) is 2.18. The van der Waals surface area contributed by atoms with Crippen LogP contribution in [0.4, 0.5) is 11.6 Å². The Morgan fingerprint density at radius 2 is 2.21 bits per heavy atom. The van der Waals surface area contributed by atoms with Crippen LogP contribution >= 0.6 is 0 Å². The lowest BCUT2D eigenvalue weighted by Crippen LogP contribution is -2.28. The summed E-state index contributed by atoms with van der Waals surface area (Å²) in [5, 5.41) is 6.79. The quantitative estimate of drug-likeness (QED) is 0.847. The van der Waals surface area contributed by atoms with E-state index in [0.717, 1.165) is 50.8 Å². The van der Waals surface area contributed by atoms with Crippen molar-refractivity contribution in [3.63, 3.8) is 0 Å². The van der Waals surface area contributed by atoms with E-state index in [4.69, 9.17) is 0 Å². The van der Waals surface area contributed by atoms with Crippen LogP contribution in [0.1, 0.15) is 26.7 Å². The van der Waals surface area contributed by atoms with E-state index < -0.39 is 0 Å². The fourth-order valence-corrected chi connectivity index (χ4v) is 2.18. The molecule has 106 valence electrons. The second kappa shape index (κ2) is 7.28. The predicted molar refractivity (Wildman–Crippen MR) is 79.7 cm³/mol. The van der Waals surface area contributed by atoms with Gasteiger partial charge >= 0.3 is 0 Å². The number of anilines is 2. The molecule has 1 fully saturated rings. The summed E-state index contributed by atoms with van der Waals surface area (Å²) in [5.41, 5.74) is 0. The molecule has 1 aromatic rings. The molecule has 5 nitrogen and oxygen atoms in total. The van der Waals surface area contributed by atoms with Crippen molar-refractivity contribution in [3.05, 3.63) is 12.4 Å². The van der Waals surface area contributed by atoms with Gasteiger partial charge in [0.25, 0.3) is 0 Å². The van der Waals surface area contributed by atoms with E-state index >= 15 is 0 Å². The summed E-state index contributed by atoms with van der Waals surface area (Å²) in [6.07, 6.45) is 3.98. The lowest BCUT2D eigenvalue weighted by atomic mass is 10.1. The molecule has 2 N–H and O–H groups in total. The summed E-state index contributed by atoms with van der Waals surface area (Å²) in [4.78, 5) is 11.0. The highest BCUT2D eigenvalue weighted by molar-refractivity contribution is 5.48. The van der Waals surface area contributed by atoms with Crippen molar-refractivity contribution in [1.82, 2.24) is 15.3 Å². The molecule has 0 bridgehead atoms. The Hall–Kier alpha value is -1.36. The smallest absolute Gasteiger partial charge is 0.134 e. The number of aromatic nitrogens is 2. The molecule has 1 aromatic heterocycles. The molecule has 19 heavy (non-hydrogen) atoms. The number of nitrogens with zero attached hydrogens (tertiary/aromatic N) is 3. The first-order valence-corrected chi connectivity index (χ1v) is 7.27. The van der Waals surface area contributed by atoms with Crippen LogP contribution in [0.5, 0.6) is 0 Å². The highest BCUT2D eigenvalue weighted by atomic mass is 15.2. The minimum Gasteiger partial charge on any atom is -0.370 e. The van der Waals surface area contributed by atoms with Gasteiger partial charge in [0.15, 0.2) is 0 Å². The Balaban J connectivity index is 1.93. The predicted octanol–water partition coefficient (Wildman–Crippen LogP) is 1.73. The monoisotopic (exact) mass is 263 g/mol. The second-order valence-corrected chi connectivity index (χ2v) is 5.46. The van der Waals surface area contributed by atoms with E-state index in [9.17, 15) is 0 Å². The van der Waals surface area contributed by atoms with E-state index in [1.54, 1.807) is 6.33 Å². The first-order chi connectivity index (χ1) is 9.25. The normalized spacial score (nSPS) is 16.5. The summed E-state index contributed by atoms with van der Waals surface area (Å²) in [6.45, 7) is 9.64. The molecule has 5 heteroatoms. The Kier molecular flexibility index (Phi) is 5.39. The maximum absolute atomic E-state index is 4.39. The maximum Gasteiger partial charge on any atom is 0.134 e. The molecule has 0 aromatic carbocycles. The third kappa shape index (κ3) is 4.67. The van der Waals surface area contributed by atoms with Crippen LogP contribution < -0.4 is 15.5 Å². The van der Waals surface area contributed by atoms with Crippen molar-refractivity contribution in [2.75, 3.05) is 42.9 Å². The van der Waals surface area contributed by atoms with Crippen LogP contribution in [0.25, 0.3) is 0 Å². The van der Waals surface area contributed by atoms with Crippen molar-refractivity contribution >= 4 is 11.6 Å². The highest BCUT2D eigenvalue weighted by Crippen LogP contribution is 2.15. The zero-order valence-corrected chi connectivity index (χ0v) is 12.0. The van der Waals surface area contributed by atoms with Gasteiger partial charge in [0, 0.05) is 32.2 Å². The van der Waals surface area contributed by atoms with Crippen molar-refractivity contribution in [1.29, 1.82) is 0 Å². The van der Waals surface area contributed by atoms with Gasteiger partial charge in [-0.1, -0.05) is 13.8 Å². The molecule has 2 rings (SSSR count). The van der Waals surface area contributed by atoms with E-state index in [-0.39, 0.29) is 0 Å². The van der Waals surface area contributed by atoms with Crippen molar-refractivity contribution < 1.29 is 0 Å². The average Bonchev–Trinajstić information content (AvgIpc) is 2.67. The van der Waals surface area contributed by atoms with Crippen molar-refractivity contribution in [2.24, 2.45) is 5.92 Å². The summed E-state index contributed by atoms with van der Waals surface area (Å²) in [7, 11) is 0. The molecular weight excluding hydrogens is 238 g/mol. The second-order valence-electron chi connectivity index (χ2n) is 5.46. The van der Waals surface area contributed by atoms with Crippen LogP contribution in [0, 0.1) is 5.92 Å². The molecule has 0 spiro atoms. The zero-order chi connectivity index (χ0) is 13.5. The maximum atomic E-state index is 4.39. The SMILES string of the molecule is CC(C)CCNc1cc(N2CCCNCC2)ncn1. The zero-order valence-electron chi connectivity index (χ0n) is 12.0. The van der Waals surface area contributed by atoms with E-state index in [2.05, 4.69) is 45.4 Å². The number of hydrogen-bond donors (Lipinski definition) is 2. The Bertz CT molecular complexity index is 372. The third-order valence-corrected chi connectivity index (χ3v) is 3.34. The fraction of sp³-hybridized carbons (Fsp3) is 0.714. The van der Waals surface area contributed by atoms with Gasteiger partial charge in [-0.25, -0.2) is 9.97 Å². The first-order valence-electron chi connectivity index (χ1n) is 7.27. The third-order valence-electron chi connectivity index (χ3n) is 3.34. The molecule has 0 radical (unpaired) electrons. The van der Waals surface area contributed by atoms with Crippen LogP contribution in [-0.4, -0.2) is 42.7 Å². The Labute approximate surface area is 115 Å². The van der Waals surface area contributed by atoms with Gasteiger partial charge in [0.05, 0.1) is 0 Å². The molecule has 0 aliphatic carbocycles. The van der Waals surface area contributed by atoms with Crippen LogP contribution in [-0.2, 0) is 0 Å². The minimum atomic E-state index is 0.713. The Morgan fingerprint density at radius 3 is 3.05 bits per heavy atom. The molecule has 0 amide bonds. The standard InChI is InChI=1S/C14H25N5/c1-12(2)4-6-16-13-10-14(18-11-17-13)19-8-3-5-15-7-9-19/h10-12,15H,3-9H2,1-2H3,(H,16,17,18). The van der Waals surface area contributed by atoms with Gasteiger partial charge in [-0.3, -0.25) is 0 Å².